The fourth-order valence-electron chi connectivity index (χ4n) is 3.07. The molecule has 0 unspecified atom stereocenters. The SMILES string of the molecule is Cc1c(C(=O)Nc2cc(Sc3ccc(F)cc3)cc([N+](=O)[O-])c2)sc2ncn(C)c(=O)c12. The predicted octanol–water partition coefficient (Wildman–Crippen LogP) is 4.75. The summed E-state index contributed by atoms with van der Waals surface area (Å²) in [4.78, 5) is 42.3. The fraction of sp³-hybridized carbons (Fsp3) is 0.0952. The van der Waals surface area contributed by atoms with Crippen LogP contribution in [-0.4, -0.2) is 20.4 Å². The van der Waals surface area contributed by atoms with E-state index in [2.05, 4.69) is 10.3 Å². The Morgan fingerprint density at radius 3 is 2.62 bits per heavy atom. The third-order valence-electron chi connectivity index (χ3n) is 4.63. The van der Waals surface area contributed by atoms with Crippen molar-refractivity contribution in [3.05, 3.63) is 85.5 Å². The number of aromatic nitrogens is 2. The molecule has 2 aromatic heterocycles. The molecule has 0 atom stereocenters. The van der Waals surface area contributed by atoms with E-state index in [4.69, 9.17) is 0 Å². The van der Waals surface area contributed by atoms with Crippen molar-refractivity contribution in [2.24, 2.45) is 7.05 Å². The number of benzene rings is 2. The van der Waals surface area contributed by atoms with Crippen LogP contribution in [0.25, 0.3) is 10.2 Å². The van der Waals surface area contributed by atoms with E-state index in [1.807, 2.05) is 0 Å². The Bertz CT molecular complexity index is 1430. The molecule has 8 nitrogen and oxygen atoms in total. The lowest BCUT2D eigenvalue weighted by atomic mass is 10.2. The highest BCUT2D eigenvalue weighted by Crippen LogP contribution is 2.34. The van der Waals surface area contributed by atoms with Crippen molar-refractivity contribution in [1.82, 2.24) is 9.55 Å². The molecule has 0 fully saturated rings. The van der Waals surface area contributed by atoms with Gasteiger partial charge >= 0.3 is 0 Å². The van der Waals surface area contributed by atoms with Gasteiger partial charge in [0.15, 0.2) is 0 Å². The highest BCUT2D eigenvalue weighted by Gasteiger charge is 2.20. The van der Waals surface area contributed by atoms with Crippen molar-refractivity contribution in [3.8, 4) is 0 Å². The Morgan fingerprint density at radius 2 is 1.94 bits per heavy atom. The van der Waals surface area contributed by atoms with Gasteiger partial charge in [-0.05, 0) is 42.8 Å². The maximum absolute atomic E-state index is 13.2. The van der Waals surface area contributed by atoms with Gasteiger partial charge in [-0.2, -0.15) is 0 Å². The van der Waals surface area contributed by atoms with Crippen LogP contribution in [-0.2, 0) is 7.05 Å². The number of nitro groups is 1. The van der Waals surface area contributed by atoms with Crippen molar-refractivity contribution in [3.63, 3.8) is 0 Å². The molecule has 0 aliphatic rings. The van der Waals surface area contributed by atoms with E-state index in [-0.39, 0.29) is 22.8 Å². The van der Waals surface area contributed by atoms with Gasteiger partial charge in [0.1, 0.15) is 10.6 Å². The number of thiophene rings is 1. The Balaban J connectivity index is 1.67. The van der Waals surface area contributed by atoms with Crippen molar-refractivity contribution in [2.75, 3.05) is 5.32 Å². The molecule has 2 aromatic carbocycles. The van der Waals surface area contributed by atoms with E-state index in [9.17, 15) is 24.1 Å². The Kier molecular flexibility index (Phi) is 5.76. The van der Waals surface area contributed by atoms with Crippen LogP contribution in [0.15, 0.2) is 63.4 Å². The number of amides is 1. The second-order valence-corrected chi connectivity index (χ2v) is 9.03. The summed E-state index contributed by atoms with van der Waals surface area (Å²) in [6.07, 6.45) is 1.39. The molecule has 1 amide bonds. The second-order valence-electron chi connectivity index (χ2n) is 6.88. The van der Waals surface area contributed by atoms with Gasteiger partial charge in [0, 0.05) is 34.7 Å². The predicted molar refractivity (Wildman–Crippen MR) is 121 cm³/mol. The number of hydrogen-bond acceptors (Lipinski definition) is 7. The van der Waals surface area contributed by atoms with Crippen molar-refractivity contribution < 1.29 is 14.1 Å². The number of nitrogens with one attached hydrogen (secondary N) is 1. The molecule has 4 rings (SSSR count). The number of non-ortho nitro benzene ring substituents is 1. The standard InChI is InChI=1S/C21H15FN4O4S2/c1-11-17-20(23-10-25(2)21(17)28)32-18(11)19(27)24-13-7-14(26(29)30)9-16(8-13)31-15-5-3-12(22)4-6-15/h3-10H,1-2H3,(H,24,27). The third kappa shape index (κ3) is 4.25. The number of aryl methyl sites for hydroxylation is 2. The Labute approximate surface area is 188 Å². The van der Waals surface area contributed by atoms with Crippen molar-refractivity contribution >= 4 is 50.6 Å². The summed E-state index contributed by atoms with van der Waals surface area (Å²) in [6.45, 7) is 1.67. The summed E-state index contributed by atoms with van der Waals surface area (Å²) < 4.78 is 14.5. The zero-order valence-electron chi connectivity index (χ0n) is 16.8. The van der Waals surface area contributed by atoms with Crippen LogP contribution in [0.2, 0.25) is 0 Å². The molecular formula is C21H15FN4O4S2. The minimum atomic E-state index is -0.553. The molecule has 1 N–H and O–H groups in total. The fourth-order valence-corrected chi connectivity index (χ4v) is 5.02. The van der Waals surface area contributed by atoms with Crippen LogP contribution < -0.4 is 10.9 Å². The summed E-state index contributed by atoms with van der Waals surface area (Å²) in [5.41, 5.74) is 0.279. The number of halogens is 1. The molecule has 162 valence electrons. The summed E-state index contributed by atoms with van der Waals surface area (Å²) in [6, 6.07) is 9.94. The zero-order valence-corrected chi connectivity index (χ0v) is 18.4. The number of nitro benzene ring substituents is 1. The van der Waals surface area contributed by atoms with Gasteiger partial charge in [-0.15, -0.1) is 11.3 Å². The normalized spacial score (nSPS) is 11.0. The summed E-state index contributed by atoms with van der Waals surface area (Å²) in [7, 11) is 1.58. The molecule has 4 aromatic rings. The third-order valence-corrected chi connectivity index (χ3v) is 6.80. The van der Waals surface area contributed by atoms with Gasteiger partial charge in [-0.25, -0.2) is 9.37 Å². The van der Waals surface area contributed by atoms with E-state index in [1.165, 1.54) is 46.9 Å². The van der Waals surface area contributed by atoms with E-state index in [0.29, 0.717) is 30.4 Å². The number of hydrogen-bond donors (Lipinski definition) is 1. The quantitative estimate of drug-likeness (QED) is 0.333. The first kappa shape index (κ1) is 21.7. The van der Waals surface area contributed by atoms with Gasteiger partial charge < -0.3 is 9.88 Å². The molecule has 0 saturated carbocycles. The first-order valence-corrected chi connectivity index (χ1v) is 10.8. The maximum Gasteiger partial charge on any atom is 0.272 e. The zero-order chi connectivity index (χ0) is 23.0. The number of carbonyl (C=O) groups is 1. The molecular weight excluding hydrogens is 455 g/mol. The first-order chi connectivity index (χ1) is 15.2. The minimum Gasteiger partial charge on any atom is -0.321 e. The molecule has 0 bridgehead atoms. The van der Waals surface area contributed by atoms with Crippen LogP contribution in [0, 0.1) is 22.9 Å². The van der Waals surface area contributed by atoms with Crippen LogP contribution >= 0.6 is 23.1 Å². The molecule has 0 saturated heterocycles. The van der Waals surface area contributed by atoms with Crippen molar-refractivity contribution in [1.29, 1.82) is 0 Å². The first-order valence-electron chi connectivity index (χ1n) is 9.22. The van der Waals surface area contributed by atoms with Gasteiger partial charge in [0.2, 0.25) is 0 Å². The molecule has 0 aliphatic heterocycles. The highest BCUT2D eigenvalue weighted by atomic mass is 32.2. The van der Waals surface area contributed by atoms with E-state index in [1.54, 1.807) is 32.2 Å². The number of carbonyl (C=O) groups excluding carboxylic acids is 1. The largest absolute Gasteiger partial charge is 0.321 e. The van der Waals surface area contributed by atoms with Crippen molar-refractivity contribution in [2.45, 2.75) is 16.7 Å². The second kappa shape index (κ2) is 8.52. The van der Waals surface area contributed by atoms with Crippen LogP contribution in [0.3, 0.4) is 0 Å². The van der Waals surface area contributed by atoms with Crippen LogP contribution in [0.1, 0.15) is 15.2 Å². The summed E-state index contributed by atoms with van der Waals surface area (Å²) >= 11 is 2.28. The average Bonchev–Trinajstić information content (AvgIpc) is 3.09. The van der Waals surface area contributed by atoms with Crippen LogP contribution in [0.5, 0.6) is 0 Å². The Hall–Kier alpha value is -3.57. The lowest BCUT2D eigenvalue weighted by molar-refractivity contribution is -0.385. The monoisotopic (exact) mass is 470 g/mol. The van der Waals surface area contributed by atoms with Gasteiger partial charge in [-0.1, -0.05) is 11.8 Å². The number of anilines is 1. The molecule has 32 heavy (non-hydrogen) atoms. The van der Waals surface area contributed by atoms with E-state index >= 15 is 0 Å². The average molecular weight is 471 g/mol. The minimum absolute atomic E-state index is 0.198. The lowest BCUT2D eigenvalue weighted by Crippen LogP contribution is -2.17. The van der Waals surface area contributed by atoms with E-state index < -0.39 is 10.8 Å². The summed E-state index contributed by atoms with van der Waals surface area (Å²) in [5, 5.41) is 14.4. The number of fused-ring (bicyclic) bond motifs is 1. The highest BCUT2D eigenvalue weighted by molar-refractivity contribution is 7.99. The molecule has 0 radical (unpaired) electrons. The Morgan fingerprint density at radius 1 is 1.22 bits per heavy atom. The van der Waals surface area contributed by atoms with Gasteiger partial charge in [-0.3, -0.25) is 19.7 Å². The van der Waals surface area contributed by atoms with Gasteiger partial charge in [0.25, 0.3) is 17.2 Å². The maximum atomic E-state index is 13.2. The van der Waals surface area contributed by atoms with Crippen LogP contribution in [0.4, 0.5) is 15.8 Å². The summed E-state index contributed by atoms with van der Waals surface area (Å²) in [5.74, 6) is -0.879. The van der Waals surface area contributed by atoms with Gasteiger partial charge in [0.05, 0.1) is 21.5 Å². The lowest BCUT2D eigenvalue weighted by Gasteiger charge is -2.08. The smallest absolute Gasteiger partial charge is 0.272 e. The molecule has 2 heterocycles. The topological polar surface area (TPSA) is 107 Å². The number of rotatable bonds is 5. The molecule has 0 aliphatic carbocycles. The molecule has 0 spiro atoms. The number of nitrogens with zero attached hydrogens (tertiary/aromatic N) is 3. The molecule has 11 heteroatoms. The van der Waals surface area contributed by atoms with E-state index in [0.717, 1.165) is 11.3 Å².